The van der Waals surface area contributed by atoms with Crippen LogP contribution in [0.1, 0.15) is 43.1 Å². The van der Waals surface area contributed by atoms with Crippen molar-refractivity contribution in [1.29, 1.82) is 0 Å². The molecular formula is C22H27ClN2O6. The SMILES string of the molecule is COCCCOc1cc2c(cc1OC)-c1c(Cl)c(=O)c(C(=O)O)cn1N(C(C)(C)C)C2. The molecule has 0 radical (unpaired) electrons. The maximum absolute atomic E-state index is 12.7. The van der Waals surface area contributed by atoms with Gasteiger partial charge in [0, 0.05) is 37.4 Å². The molecule has 0 unspecified atom stereocenters. The zero-order valence-electron chi connectivity index (χ0n) is 18.3. The van der Waals surface area contributed by atoms with Crippen LogP contribution in [0.2, 0.25) is 5.02 Å². The maximum atomic E-state index is 12.7. The molecule has 3 rings (SSSR count). The zero-order valence-corrected chi connectivity index (χ0v) is 19.1. The zero-order chi connectivity index (χ0) is 22.9. The highest BCUT2D eigenvalue weighted by atomic mass is 35.5. The van der Waals surface area contributed by atoms with Crippen LogP contribution in [0.3, 0.4) is 0 Å². The number of hydrogen-bond donors (Lipinski definition) is 1. The molecular weight excluding hydrogens is 424 g/mol. The van der Waals surface area contributed by atoms with Crippen LogP contribution in [-0.4, -0.2) is 48.7 Å². The fourth-order valence-electron chi connectivity index (χ4n) is 3.57. The van der Waals surface area contributed by atoms with Gasteiger partial charge in [-0.1, -0.05) is 11.6 Å². The Morgan fingerprint density at radius 1 is 1.19 bits per heavy atom. The van der Waals surface area contributed by atoms with Crippen molar-refractivity contribution in [2.75, 3.05) is 32.4 Å². The number of carboxylic acid groups (broad SMARTS) is 1. The van der Waals surface area contributed by atoms with Gasteiger partial charge in [0.25, 0.3) is 0 Å². The molecule has 8 nitrogen and oxygen atoms in total. The molecule has 0 spiro atoms. The number of benzene rings is 1. The van der Waals surface area contributed by atoms with E-state index in [9.17, 15) is 14.7 Å². The third-order valence-electron chi connectivity index (χ3n) is 5.11. The van der Waals surface area contributed by atoms with E-state index in [1.54, 1.807) is 17.9 Å². The second-order valence-corrected chi connectivity index (χ2v) is 8.65. The number of pyridine rings is 1. The first kappa shape index (κ1) is 23.0. The van der Waals surface area contributed by atoms with E-state index < -0.39 is 11.4 Å². The number of ether oxygens (including phenoxy) is 3. The van der Waals surface area contributed by atoms with Crippen molar-refractivity contribution in [2.45, 2.75) is 39.3 Å². The van der Waals surface area contributed by atoms with Crippen LogP contribution in [0.4, 0.5) is 0 Å². The molecule has 9 heteroatoms. The molecule has 0 fully saturated rings. The average molecular weight is 451 g/mol. The van der Waals surface area contributed by atoms with Crippen molar-refractivity contribution in [3.63, 3.8) is 0 Å². The van der Waals surface area contributed by atoms with E-state index in [4.69, 9.17) is 25.8 Å². The second-order valence-electron chi connectivity index (χ2n) is 8.27. The van der Waals surface area contributed by atoms with E-state index in [1.165, 1.54) is 13.3 Å². The summed E-state index contributed by atoms with van der Waals surface area (Å²) in [6, 6.07) is 3.66. The van der Waals surface area contributed by atoms with Gasteiger partial charge in [0.1, 0.15) is 10.6 Å². The average Bonchev–Trinajstić information content (AvgIpc) is 2.71. The summed E-state index contributed by atoms with van der Waals surface area (Å²) in [6.07, 6.45) is 2.06. The van der Waals surface area contributed by atoms with Crippen molar-refractivity contribution in [2.24, 2.45) is 0 Å². The van der Waals surface area contributed by atoms with Crippen molar-refractivity contribution in [1.82, 2.24) is 4.68 Å². The number of methoxy groups -OCH3 is 2. The third kappa shape index (κ3) is 4.36. The maximum Gasteiger partial charge on any atom is 0.341 e. The van der Waals surface area contributed by atoms with Crippen molar-refractivity contribution in [3.8, 4) is 22.8 Å². The number of fused-ring (bicyclic) bond motifs is 3. The Balaban J connectivity index is 2.21. The van der Waals surface area contributed by atoms with Crippen molar-refractivity contribution >= 4 is 17.6 Å². The molecule has 1 aromatic heterocycles. The van der Waals surface area contributed by atoms with Gasteiger partial charge in [0.15, 0.2) is 11.5 Å². The Morgan fingerprint density at radius 3 is 2.48 bits per heavy atom. The highest BCUT2D eigenvalue weighted by Crippen LogP contribution is 2.42. The van der Waals surface area contributed by atoms with E-state index in [2.05, 4.69) is 0 Å². The lowest BCUT2D eigenvalue weighted by Gasteiger charge is -2.44. The highest BCUT2D eigenvalue weighted by molar-refractivity contribution is 6.33. The molecule has 0 amide bonds. The Hall–Kier alpha value is -2.71. The van der Waals surface area contributed by atoms with Gasteiger partial charge in [-0.3, -0.25) is 9.47 Å². The molecule has 168 valence electrons. The van der Waals surface area contributed by atoms with Crippen LogP contribution < -0.4 is 19.9 Å². The van der Waals surface area contributed by atoms with Gasteiger partial charge in [-0.05, 0) is 38.5 Å². The molecule has 0 atom stereocenters. The monoisotopic (exact) mass is 450 g/mol. The Morgan fingerprint density at radius 2 is 1.90 bits per heavy atom. The predicted molar refractivity (Wildman–Crippen MR) is 118 cm³/mol. The minimum atomic E-state index is -1.32. The highest BCUT2D eigenvalue weighted by Gasteiger charge is 2.33. The lowest BCUT2D eigenvalue weighted by Crippen LogP contribution is -2.51. The molecule has 1 N–H and O–H groups in total. The molecule has 0 saturated carbocycles. The van der Waals surface area contributed by atoms with Gasteiger partial charge in [-0.25, -0.2) is 4.79 Å². The number of nitrogens with zero attached hydrogens (tertiary/aromatic N) is 2. The summed E-state index contributed by atoms with van der Waals surface area (Å²) in [6.45, 7) is 7.51. The summed E-state index contributed by atoms with van der Waals surface area (Å²) in [7, 11) is 3.18. The number of aromatic carboxylic acids is 1. The van der Waals surface area contributed by atoms with E-state index in [-0.39, 0.29) is 16.1 Å². The number of carboxylic acids is 1. The molecule has 0 aliphatic carbocycles. The van der Waals surface area contributed by atoms with Crippen LogP contribution in [0, 0.1) is 0 Å². The van der Waals surface area contributed by atoms with E-state index in [1.807, 2.05) is 31.8 Å². The van der Waals surface area contributed by atoms with Crippen molar-refractivity contribution < 1.29 is 24.1 Å². The van der Waals surface area contributed by atoms with Crippen LogP contribution in [0.25, 0.3) is 11.3 Å². The number of aromatic nitrogens is 1. The first-order valence-electron chi connectivity index (χ1n) is 9.89. The quantitative estimate of drug-likeness (QED) is 0.645. The summed E-state index contributed by atoms with van der Waals surface area (Å²) in [5.41, 5.74) is 0.525. The van der Waals surface area contributed by atoms with E-state index in [0.717, 1.165) is 12.0 Å². The lowest BCUT2D eigenvalue weighted by atomic mass is 9.97. The fourth-order valence-corrected chi connectivity index (χ4v) is 3.86. The van der Waals surface area contributed by atoms with Gasteiger partial charge < -0.3 is 24.3 Å². The third-order valence-corrected chi connectivity index (χ3v) is 5.46. The van der Waals surface area contributed by atoms with Crippen LogP contribution in [0.15, 0.2) is 23.1 Å². The Bertz CT molecular complexity index is 1060. The Kier molecular flexibility index (Phi) is 6.52. The normalized spacial score (nSPS) is 12.9. The summed E-state index contributed by atoms with van der Waals surface area (Å²) >= 11 is 6.45. The number of halogens is 1. The summed E-state index contributed by atoms with van der Waals surface area (Å²) in [5, 5.41) is 11.3. The smallest absolute Gasteiger partial charge is 0.341 e. The second kappa shape index (κ2) is 8.80. The van der Waals surface area contributed by atoms with Crippen molar-refractivity contribution in [3.05, 3.63) is 44.7 Å². The summed E-state index contributed by atoms with van der Waals surface area (Å²) in [4.78, 5) is 24.3. The molecule has 1 aliphatic rings. The van der Waals surface area contributed by atoms with E-state index >= 15 is 0 Å². The Labute approximate surface area is 185 Å². The molecule has 0 bridgehead atoms. The predicted octanol–water partition coefficient (Wildman–Crippen LogP) is 3.54. The lowest BCUT2D eigenvalue weighted by molar-refractivity contribution is 0.0694. The fraction of sp³-hybridized carbons (Fsp3) is 0.455. The van der Waals surface area contributed by atoms with Crippen LogP contribution in [0.5, 0.6) is 11.5 Å². The topological polar surface area (TPSA) is 90.2 Å². The molecule has 31 heavy (non-hydrogen) atoms. The van der Waals surface area contributed by atoms with Gasteiger partial charge in [0.05, 0.1) is 26.0 Å². The summed E-state index contributed by atoms with van der Waals surface area (Å²) in [5.74, 6) is -0.239. The van der Waals surface area contributed by atoms with Gasteiger partial charge in [-0.2, -0.15) is 0 Å². The molecule has 1 aliphatic heterocycles. The van der Waals surface area contributed by atoms with Gasteiger partial charge in [0.2, 0.25) is 5.43 Å². The first-order chi connectivity index (χ1) is 14.6. The van der Waals surface area contributed by atoms with Crippen LogP contribution >= 0.6 is 11.6 Å². The first-order valence-corrected chi connectivity index (χ1v) is 10.3. The standard InChI is InChI=1S/C22H27ClN2O6/c1-22(2,3)25-11-13-9-17(31-8-6-7-29-4)16(30-5)10-14(13)19-18(23)20(26)15(21(27)28)12-24(19)25/h9-10,12H,6-8,11H2,1-5H3,(H,27,28). The minimum Gasteiger partial charge on any atom is -0.493 e. The summed E-state index contributed by atoms with van der Waals surface area (Å²) < 4.78 is 18.1. The van der Waals surface area contributed by atoms with Gasteiger partial charge >= 0.3 is 5.97 Å². The number of hydrogen-bond acceptors (Lipinski definition) is 6. The minimum absolute atomic E-state index is 0.147. The number of rotatable bonds is 7. The number of carbonyl (C=O) groups is 1. The largest absolute Gasteiger partial charge is 0.493 e. The molecule has 2 aromatic rings. The van der Waals surface area contributed by atoms with Gasteiger partial charge in [-0.15, -0.1) is 0 Å². The molecule has 1 aromatic carbocycles. The van der Waals surface area contributed by atoms with Crippen LogP contribution in [-0.2, 0) is 11.3 Å². The van der Waals surface area contributed by atoms with E-state index in [0.29, 0.717) is 42.5 Å². The molecule has 2 heterocycles. The molecule has 0 saturated heterocycles.